The van der Waals surface area contributed by atoms with Gasteiger partial charge in [0, 0.05) is 6.20 Å². The van der Waals surface area contributed by atoms with Crippen molar-refractivity contribution in [2.75, 3.05) is 5.32 Å². The third-order valence-electron chi connectivity index (χ3n) is 1.48. The summed E-state index contributed by atoms with van der Waals surface area (Å²) in [7, 11) is 0. The molecule has 0 unspecified atom stereocenters. The quantitative estimate of drug-likeness (QED) is 0.698. The fourth-order valence-corrected chi connectivity index (χ4v) is 0.886. The summed E-state index contributed by atoms with van der Waals surface area (Å²) in [5, 5.41) is 9.53. The lowest BCUT2D eigenvalue weighted by atomic mass is 10.5. The van der Waals surface area contributed by atoms with Gasteiger partial charge in [-0.3, -0.25) is 5.10 Å². The average molecular weight is 176 g/mol. The number of H-pyrrole nitrogens is 1. The summed E-state index contributed by atoms with van der Waals surface area (Å²) in [6, 6.07) is 1.79. The zero-order valence-corrected chi connectivity index (χ0v) is 6.81. The fraction of sp³-hybridized carbons (Fsp3) is 0.143. The second kappa shape index (κ2) is 3.61. The number of aromatic amines is 1. The molecular formula is C7H8N6. The number of anilines is 1. The Hall–Kier alpha value is -1.98. The summed E-state index contributed by atoms with van der Waals surface area (Å²) in [5.41, 5.74) is 0. The number of rotatable bonds is 3. The molecule has 13 heavy (non-hydrogen) atoms. The Kier molecular flexibility index (Phi) is 2.13. The summed E-state index contributed by atoms with van der Waals surface area (Å²) >= 11 is 0. The second-order valence-corrected chi connectivity index (χ2v) is 2.38. The van der Waals surface area contributed by atoms with E-state index in [4.69, 9.17) is 0 Å². The van der Waals surface area contributed by atoms with Crippen LogP contribution in [-0.4, -0.2) is 25.1 Å². The molecule has 2 heterocycles. The van der Waals surface area contributed by atoms with E-state index >= 15 is 0 Å². The molecule has 0 spiro atoms. The van der Waals surface area contributed by atoms with E-state index in [2.05, 4.69) is 30.5 Å². The number of hydrogen-bond acceptors (Lipinski definition) is 5. The van der Waals surface area contributed by atoms with Gasteiger partial charge >= 0.3 is 0 Å². The first kappa shape index (κ1) is 7.66. The van der Waals surface area contributed by atoms with Crippen LogP contribution in [0.3, 0.4) is 0 Å². The summed E-state index contributed by atoms with van der Waals surface area (Å²) in [4.78, 5) is 11.8. The van der Waals surface area contributed by atoms with Crippen LogP contribution in [0.25, 0.3) is 0 Å². The molecule has 0 aliphatic rings. The minimum atomic E-state index is 0.580. The van der Waals surface area contributed by atoms with Crippen molar-refractivity contribution in [3.8, 4) is 0 Å². The van der Waals surface area contributed by atoms with Crippen LogP contribution in [-0.2, 0) is 6.54 Å². The molecule has 66 valence electrons. The molecule has 0 aliphatic carbocycles. The molecule has 0 atom stereocenters. The maximum Gasteiger partial charge on any atom is 0.143 e. The third kappa shape index (κ3) is 1.98. The molecule has 0 aromatic carbocycles. The van der Waals surface area contributed by atoms with Crippen LogP contribution in [0.1, 0.15) is 5.82 Å². The molecule has 0 amide bonds. The van der Waals surface area contributed by atoms with Crippen LogP contribution >= 0.6 is 0 Å². The predicted octanol–water partition coefficient (Wildman–Crippen LogP) is 0.207. The Morgan fingerprint density at radius 1 is 1.31 bits per heavy atom. The third-order valence-corrected chi connectivity index (χ3v) is 1.48. The van der Waals surface area contributed by atoms with Gasteiger partial charge < -0.3 is 5.32 Å². The lowest BCUT2D eigenvalue weighted by Crippen LogP contribution is -2.02. The normalized spacial score (nSPS) is 9.85. The summed E-state index contributed by atoms with van der Waals surface area (Å²) < 4.78 is 0. The number of aromatic nitrogens is 5. The van der Waals surface area contributed by atoms with Crippen molar-refractivity contribution in [1.29, 1.82) is 0 Å². The Labute approximate surface area is 74.5 Å². The van der Waals surface area contributed by atoms with Crippen LogP contribution in [0.15, 0.2) is 24.9 Å². The molecule has 0 aliphatic heterocycles. The highest BCUT2D eigenvalue weighted by Crippen LogP contribution is 1.99. The molecular weight excluding hydrogens is 168 g/mol. The van der Waals surface area contributed by atoms with Gasteiger partial charge in [0.15, 0.2) is 0 Å². The van der Waals surface area contributed by atoms with E-state index in [-0.39, 0.29) is 0 Å². The molecule has 0 saturated heterocycles. The second-order valence-electron chi connectivity index (χ2n) is 2.38. The first-order valence-electron chi connectivity index (χ1n) is 3.79. The maximum atomic E-state index is 3.99. The lowest BCUT2D eigenvalue weighted by Gasteiger charge is -2.00. The molecule has 0 fully saturated rings. The molecule has 0 saturated carbocycles. The Morgan fingerprint density at radius 2 is 2.31 bits per heavy atom. The smallest absolute Gasteiger partial charge is 0.143 e. The molecule has 0 bridgehead atoms. The largest absolute Gasteiger partial charge is 0.363 e. The van der Waals surface area contributed by atoms with Crippen LogP contribution in [0.2, 0.25) is 0 Å². The van der Waals surface area contributed by atoms with Crippen molar-refractivity contribution >= 4 is 5.82 Å². The highest BCUT2D eigenvalue weighted by atomic mass is 15.2. The van der Waals surface area contributed by atoms with Crippen molar-refractivity contribution < 1.29 is 0 Å². The van der Waals surface area contributed by atoms with Gasteiger partial charge in [-0.2, -0.15) is 5.10 Å². The lowest BCUT2D eigenvalue weighted by molar-refractivity contribution is 0.944. The van der Waals surface area contributed by atoms with Gasteiger partial charge in [0.25, 0.3) is 0 Å². The number of nitrogens with zero attached hydrogens (tertiary/aromatic N) is 4. The molecule has 2 aromatic heterocycles. The Morgan fingerprint density at radius 3 is 3.00 bits per heavy atom. The van der Waals surface area contributed by atoms with E-state index in [1.54, 1.807) is 12.3 Å². The van der Waals surface area contributed by atoms with Crippen LogP contribution in [0.4, 0.5) is 5.82 Å². The van der Waals surface area contributed by atoms with Crippen molar-refractivity contribution in [2.24, 2.45) is 0 Å². The SMILES string of the molecule is c1cc(NCc2ncn[nH]2)ncn1. The molecule has 2 aromatic rings. The molecule has 6 nitrogen and oxygen atoms in total. The Balaban J connectivity index is 1.94. The highest BCUT2D eigenvalue weighted by Gasteiger charge is 1.95. The zero-order valence-electron chi connectivity index (χ0n) is 6.81. The first-order valence-corrected chi connectivity index (χ1v) is 3.79. The van der Waals surface area contributed by atoms with E-state index in [1.165, 1.54) is 12.7 Å². The summed E-state index contributed by atoms with van der Waals surface area (Å²) in [6.07, 6.45) is 4.63. The number of hydrogen-bond donors (Lipinski definition) is 2. The van der Waals surface area contributed by atoms with Crippen molar-refractivity contribution in [3.05, 3.63) is 30.7 Å². The van der Waals surface area contributed by atoms with Gasteiger partial charge in [0.2, 0.25) is 0 Å². The zero-order chi connectivity index (χ0) is 8.93. The van der Waals surface area contributed by atoms with Crippen molar-refractivity contribution in [3.63, 3.8) is 0 Å². The highest BCUT2D eigenvalue weighted by molar-refractivity contribution is 5.31. The van der Waals surface area contributed by atoms with E-state index in [0.29, 0.717) is 6.54 Å². The van der Waals surface area contributed by atoms with Crippen molar-refractivity contribution in [1.82, 2.24) is 25.1 Å². The predicted molar refractivity (Wildman–Crippen MR) is 45.7 cm³/mol. The minimum absolute atomic E-state index is 0.580. The van der Waals surface area contributed by atoms with Crippen LogP contribution in [0, 0.1) is 0 Å². The summed E-state index contributed by atoms with van der Waals surface area (Å²) in [5.74, 6) is 1.55. The molecule has 0 radical (unpaired) electrons. The van der Waals surface area contributed by atoms with Crippen LogP contribution < -0.4 is 5.32 Å². The van der Waals surface area contributed by atoms with Gasteiger partial charge in [-0.15, -0.1) is 0 Å². The molecule has 2 N–H and O–H groups in total. The maximum absolute atomic E-state index is 3.99. The first-order chi connectivity index (χ1) is 6.45. The van der Waals surface area contributed by atoms with Gasteiger partial charge in [-0.05, 0) is 6.07 Å². The van der Waals surface area contributed by atoms with E-state index in [0.717, 1.165) is 11.6 Å². The minimum Gasteiger partial charge on any atom is -0.363 e. The molecule has 6 heteroatoms. The van der Waals surface area contributed by atoms with Gasteiger partial charge in [-0.25, -0.2) is 15.0 Å². The van der Waals surface area contributed by atoms with Gasteiger partial charge in [0.05, 0.1) is 6.54 Å². The molecule has 2 rings (SSSR count). The topological polar surface area (TPSA) is 79.4 Å². The Bertz CT molecular complexity index is 342. The van der Waals surface area contributed by atoms with Gasteiger partial charge in [0.1, 0.15) is 24.3 Å². The monoisotopic (exact) mass is 176 g/mol. The van der Waals surface area contributed by atoms with Crippen molar-refractivity contribution in [2.45, 2.75) is 6.54 Å². The fourth-order valence-electron chi connectivity index (χ4n) is 0.886. The average Bonchev–Trinajstić information content (AvgIpc) is 2.69. The van der Waals surface area contributed by atoms with E-state index in [1.807, 2.05) is 0 Å². The van der Waals surface area contributed by atoms with Gasteiger partial charge in [-0.1, -0.05) is 0 Å². The van der Waals surface area contributed by atoms with E-state index in [9.17, 15) is 0 Å². The standard InChI is InChI=1S/C7H8N6/c1-2-8-4-10-6(1)9-3-7-11-5-12-13-7/h1-2,4-5H,3H2,(H,8,9,10)(H,11,12,13). The summed E-state index contributed by atoms with van der Waals surface area (Å²) in [6.45, 7) is 0.580. The number of nitrogens with one attached hydrogen (secondary N) is 2. The van der Waals surface area contributed by atoms with Crippen LogP contribution in [0.5, 0.6) is 0 Å². The van der Waals surface area contributed by atoms with E-state index < -0.39 is 0 Å².